The van der Waals surface area contributed by atoms with Gasteiger partial charge in [-0.25, -0.2) is 4.39 Å². The molecule has 2 saturated heterocycles. The zero-order chi connectivity index (χ0) is 17.4. The third-order valence-corrected chi connectivity index (χ3v) is 5.76. The molecule has 0 aliphatic carbocycles. The number of aliphatic hydroxyl groups excluding tert-OH is 1. The minimum absolute atomic E-state index is 0.0245. The van der Waals surface area contributed by atoms with Crippen LogP contribution in [0.2, 0.25) is 0 Å². The van der Waals surface area contributed by atoms with Crippen LogP contribution in [0, 0.1) is 24.6 Å². The summed E-state index contributed by atoms with van der Waals surface area (Å²) in [6.45, 7) is 4.80. The van der Waals surface area contributed by atoms with Crippen LogP contribution in [0.3, 0.4) is 0 Å². The quantitative estimate of drug-likeness (QED) is 0.898. The molecule has 4 atom stereocenters. The lowest BCUT2D eigenvalue weighted by atomic mass is 9.87. The molecule has 132 valence electrons. The first-order chi connectivity index (χ1) is 12.2. The number of rotatable bonds is 4. The fraction of sp³-hybridized carbons (Fsp3) is 0.429. The Hall–Kier alpha value is -1.75. The van der Waals surface area contributed by atoms with Crippen molar-refractivity contribution in [1.82, 2.24) is 10.2 Å². The van der Waals surface area contributed by atoms with E-state index in [2.05, 4.69) is 34.5 Å². The number of aliphatic hydroxyl groups is 1. The van der Waals surface area contributed by atoms with Crippen LogP contribution in [0.1, 0.15) is 22.7 Å². The first-order valence-electron chi connectivity index (χ1n) is 9.05. The molecule has 3 nitrogen and oxygen atoms in total. The van der Waals surface area contributed by atoms with Crippen molar-refractivity contribution in [3.05, 3.63) is 71.0 Å². The van der Waals surface area contributed by atoms with Crippen molar-refractivity contribution in [1.29, 1.82) is 0 Å². The van der Waals surface area contributed by atoms with Gasteiger partial charge in [-0.15, -0.1) is 0 Å². The first-order valence-corrected chi connectivity index (χ1v) is 9.05. The number of nitrogens with one attached hydrogen (secondary N) is 1. The van der Waals surface area contributed by atoms with Crippen LogP contribution in [0.15, 0.2) is 48.5 Å². The average Bonchev–Trinajstić information content (AvgIpc) is 3.15. The molecule has 0 aromatic heterocycles. The summed E-state index contributed by atoms with van der Waals surface area (Å²) in [5.74, 6) is 0.550. The van der Waals surface area contributed by atoms with Crippen LogP contribution in [0.4, 0.5) is 4.39 Å². The summed E-state index contributed by atoms with van der Waals surface area (Å²) in [4.78, 5) is 2.44. The highest BCUT2D eigenvalue weighted by Crippen LogP contribution is 2.43. The van der Waals surface area contributed by atoms with E-state index in [1.807, 2.05) is 25.1 Å². The van der Waals surface area contributed by atoms with Gasteiger partial charge in [0.2, 0.25) is 0 Å². The van der Waals surface area contributed by atoms with E-state index in [0.717, 1.165) is 30.8 Å². The maximum atomic E-state index is 14.5. The Balaban J connectivity index is 1.55. The van der Waals surface area contributed by atoms with E-state index in [1.165, 1.54) is 5.56 Å². The zero-order valence-electron chi connectivity index (χ0n) is 14.5. The lowest BCUT2D eigenvalue weighted by Gasteiger charge is -2.23. The van der Waals surface area contributed by atoms with Gasteiger partial charge in [-0.1, -0.05) is 42.5 Å². The van der Waals surface area contributed by atoms with Gasteiger partial charge >= 0.3 is 0 Å². The predicted octanol–water partition coefficient (Wildman–Crippen LogP) is 2.89. The highest BCUT2D eigenvalue weighted by atomic mass is 19.1. The highest BCUT2D eigenvalue weighted by molar-refractivity contribution is 5.29. The Bertz CT molecular complexity index is 736. The number of aryl methyl sites for hydroxylation is 1. The maximum Gasteiger partial charge on any atom is 0.128 e. The molecule has 4 heteroatoms. The van der Waals surface area contributed by atoms with Gasteiger partial charge in [-0.2, -0.15) is 0 Å². The molecule has 2 aromatic carbocycles. The summed E-state index contributed by atoms with van der Waals surface area (Å²) in [5, 5.41) is 13.3. The van der Waals surface area contributed by atoms with Gasteiger partial charge in [0.15, 0.2) is 0 Å². The standard InChI is InChI=1S/C21H25FN2O/c1-14-7-8-16(19(22)9-14)21-18-12-24(10-15-5-3-2-4-6-15)11-17(18)20(13-25)23-21/h2-9,17-18,20-21,23,25H,10-13H2,1H3/t17-,18+,20-,21+/m0/s1. The van der Waals surface area contributed by atoms with E-state index in [-0.39, 0.29) is 24.5 Å². The van der Waals surface area contributed by atoms with E-state index in [1.54, 1.807) is 6.07 Å². The largest absolute Gasteiger partial charge is 0.395 e. The van der Waals surface area contributed by atoms with Gasteiger partial charge in [0.05, 0.1) is 6.61 Å². The van der Waals surface area contributed by atoms with Gasteiger partial charge < -0.3 is 10.4 Å². The van der Waals surface area contributed by atoms with Crippen LogP contribution in [-0.2, 0) is 6.54 Å². The van der Waals surface area contributed by atoms with Crippen LogP contribution in [0.25, 0.3) is 0 Å². The molecular formula is C21H25FN2O. The molecule has 2 heterocycles. The lowest BCUT2D eigenvalue weighted by molar-refractivity contribution is 0.211. The van der Waals surface area contributed by atoms with E-state index >= 15 is 0 Å². The molecule has 2 aromatic rings. The topological polar surface area (TPSA) is 35.5 Å². The molecule has 0 bridgehead atoms. The van der Waals surface area contributed by atoms with Crippen molar-refractivity contribution in [2.75, 3.05) is 19.7 Å². The molecule has 25 heavy (non-hydrogen) atoms. The minimum Gasteiger partial charge on any atom is -0.395 e. The molecule has 0 amide bonds. The monoisotopic (exact) mass is 340 g/mol. The number of fused-ring (bicyclic) bond motifs is 1. The van der Waals surface area contributed by atoms with Crippen molar-refractivity contribution in [2.45, 2.75) is 25.6 Å². The molecule has 2 aliphatic rings. The number of hydrogen-bond acceptors (Lipinski definition) is 3. The van der Waals surface area contributed by atoms with Gasteiger partial charge in [-0.05, 0) is 36.0 Å². The van der Waals surface area contributed by atoms with Crippen LogP contribution in [-0.4, -0.2) is 35.7 Å². The average molecular weight is 340 g/mol. The van der Waals surface area contributed by atoms with E-state index < -0.39 is 0 Å². The molecule has 4 rings (SSSR count). The van der Waals surface area contributed by atoms with Crippen LogP contribution >= 0.6 is 0 Å². The molecule has 2 fully saturated rings. The van der Waals surface area contributed by atoms with E-state index in [4.69, 9.17) is 0 Å². The Morgan fingerprint density at radius 3 is 2.60 bits per heavy atom. The number of hydrogen-bond donors (Lipinski definition) is 2. The Morgan fingerprint density at radius 2 is 1.88 bits per heavy atom. The second kappa shape index (κ2) is 6.87. The molecule has 0 radical (unpaired) electrons. The number of benzene rings is 2. The summed E-state index contributed by atoms with van der Waals surface area (Å²) >= 11 is 0. The molecule has 0 saturated carbocycles. The summed E-state index contributed by atoms with van der Waals surface area (Å²) in [7, 11) is 0. The Kier molecular flexibility index (Phi) is 4.59. The molecule has 2 aliphatic heterocycles. The number of nitrogens with zero attached hydrogens (tertiary/aromatic N) is 1. The van der Waals surface area contributed by atoms with Crippen molar-refractivity contribution >= 4 is 0 Å². The van der Waals surface area contributed by atoms with Crippen molar-refractivity contribution in [3.8, 4) is 0 Å². The molecule has 2 N–H and O–H groups in total. The van der Waals surface area contributed by atoms with Gasteiger partial charge in [0, 0.05) is 37.3 Å². The fourth-order valence-corrected chi connectivity index (χ4v) is 4.56. The van der Waals surface area contributed by atoms with Gasteiger partial charge in [0.25, 0.3) is 0 Å². The van der Waals surface area contributed by atoms with Crippen molar-refractivity contribution in [3.63, 3.8) is 0 Å². The van der Waals surface area contributed by atoms with E-state index in [0.29, 0.717) is 11.8 Å². The Morgan fingerprint density at radius 1 is 1.12 bits per heavy atom. The lowest BCUT2D eigenvalue weighted by Crippen LogP contribution is -2.36. The van der Waals surface area contributed by atoms with Crippen molar-refractivity contribution < 1.29 is 9.50 Å². The fourth-order valence-electron chi connectivity index (χ4n) is 4.56. The predicted molar refractivity (Wildman–Crippen MR) is 96.6 cm³/mol. The molecule has 0 unspecified atom stereocenters. The second-order valence-electron chi connectivity index (χ2n) is 7.47. The number of likely N-dealkylation sites (tertiary alicyclic amines) is 1. The first kappa shape index (κ1) is 16.7. The van der Waals surface area contributed by atoms with Crippen LogP contribution < -0.4 is 5.32 Å². The summed E-state index contributed by atoms with van der Waals surface area (Å²) in [6, 6.07) is 15.9. The third kappa shape index (κ3) is 3.22. The maximum absolute atomic E-state index is 14.5. The minimum atomic E-state index is -0.142. The van der Waals surface area contributed by atoms with E-state index in [9.17, 15) is 9.50 Å². The zero-order valence-corrected chi connectivity index (χ0v) is 14.5. The normalized spacial score (nSPS) is 29.1. The summed E-state index contributed by atoms with van der Waals surface area (Å²) in [6.07, 6.45) is 0. The Labute approximate surface area is 148 Å². The highest BCUT2D eigenvalue weighted by Gasteiger charge is 2.48. The molecule has 0 spiro atoms. The van der Waals surface area contributed by atoms with Gasteiger partial charge in [-0.3, -0.25) is 4.90 Å². The summed E-state index contributed by atoms with van der Waals surface area (Å²) in [5.41, 5.74) is 2.97. The third-order valence-electron chi connectivity index (χ3n) is 5.76. The number of halogens is 1. The molecular weight excluding hydrogens is 315 g/mol. The smallest absolute Gasteiger partial charge is 0.128 e. The SMILES string of the molecule is Cc1ccc([C@H]2N[C@@H](CO)[C@H]3CN(Cc4ccccc4)C[C@H]32)c(F)c1. The van der Waals surface area contributed by atoms with Crippen molar-refractivity contribution in [2.24, 2.45) is 11.8 Å². The van der Waals surface area contributed by atoms with Gasteiger partial charge in [0.1, 0.15) is 5.82 Å². The summed E-state index contributed by atoms with van der Waals surface area (Å²) < 4.78 is 14.5. The van der Waals surface area contributed by atoms with Crippen LogP contribution in [0.5, 0.6) is 0 Å². The second-order valence-corrected chi connectivity index (χ2v) is 7.47.